The van der Waals surface area contributed by atoms with Crippen molar-refractivity contribution in [3.05, 3.63) is 58.0 Å². The Labute approximate surface area is 181 Å². The Morgan fingerprint density at radius 3 is 2.68 bits per heavy atom. The number of methoxy groups -OCH3 is 1. The maximum Gasteiger partial charge on any atom is 0.329 e. The molecule has 1 aliphatic heterocycles. The number of esters is 1. The van der Waals surface area contributed by atoms with Crippen molar-refractivity contribution in [3.63, 3.8) is 0 Å². The van der Waals surface area contributed by atoms with E-state index >= 15 is 0 Å². The van der Waals surface area contributed by atoms with E-state index < -0.39 is 0 Å². The second-order valence-corrected chi connectivity index (χ2v) is 8.13. The third kappa shape index (κ3) is 3.90. The zero-order valence-corrected chi connectivity index (χ0v) is 18.1. The molecule has 4 rings (SSSR count). The number of anilines is 1. The highest BCUT2D eigenvalue weighted by atomic mass is 16.5. The predicted octanol–water partition coefficient (Wildman–Crippen LogP) is 1.51. The summed E-state index contributed by atoms with van der Waals surface area (Å²) in [5.41, 5.74) is 5.21. The molecule has 3 aromatic rings. The molecule has 2 aromatic carbocycles. The van der Waals surface area contributed by atoms with Crippen LogP contribution in [0.1, 0.15) is 43.4 Å². The Bertz CT molecular complexity index is 1230. The van der Waals surface area contributed by atoms with Crippen LogP contribution in [-0.4, -0.2) is 36.0 Å². The van der Waals surface area contributed by atoms with Gasteiger partial charge in [-0.1, -0.05) is 37.0 Å². The van der Waals surface area contributed by atoms with E-state index in [0.29, 0.717) is 19.4 Å². The van der Waals surface area contributed by atoms with Gasteiger partial charge in [0.25, 0.3) is 0 Å². The number of ether oxygens (including phenoxy) is 1. The molecule has 0 bridgehead atoms. The standard InChI is InChI=1S/C23H26BN3O4/c1-3-6-16(11-22(29)31-2)27-20-8-5-4-7-19(20)26(23(27)30)13-14-9-15(24)10-18-17(14)12-21(28)25-18/h4-5,7-10,16H,3,6,11-13,24H2,1-2H3,(H,25,28). The molecule has 1 unspecified atom stereocenters. The van der Waals surface area contributed by atoms with Crippen molar-refractivity contribution in [2.24, 2.45) is 0 Å². The number of nitrogens with zero attached hydrogens (tertiary/aromatic N) is 2. The zero-order chi connectivity index (χ0) is 22.1. The predicted molar refractivity (Wildman–Crippen MR) is 123 cm³/mol. The summed E-state index contributed by atoms with van der Waals surface area (Å²) in [5.74, 6) is -0.360. The lowest BCUT2D eigenvalue weighted by molar-refractivity contribution is -0.141. The summed E-state index contributed by atoms with van der Waals surface area (Å²) < 4.78 is 8.35. The van der Waals surface area contributed by atoms with Gasteiger partial charge in [0.1, 0.15) is 7.85 Å². The highest BCUT2D eigenvalue weighted by Crippen LogP contribution is 2.28. The summed E-state index contributed by atoms with van der Waals surface area (Å²) in [4.78, 5) is 37.6. The fourth-order valence-electron chi connectivity index (χ4n) is 4.55. The Balaban J connectivity index is 1.84. The van der Waals surface area contributed by atoms with Crippen molar-refractivity contribution in [3.8, 4) is 0 Å². The quantitative estimate of drug-likeness (QED) is 0.465. The first-order chi connectivity index (χ1) is 14.9. The molecule has 160 valence electrons. The van der Waals surface area contributed by atoms with Gasteiger partial charge in [0.2, 0.25) is 5.91 Å². The number of hydrogen-bond donors (Lipinski definition) is 1. The topological polar surface area (TPSA) is 82.3 Å². The van der Waals surface area contributed by atoms with Gasteiger partial charge >= 0.3 is 11.7 Å². The summed E-state index contributed by atoms with van der Waals surface area (Å²) in [6.07, 6.45) is 2.00. The number of fused-ring (bicyclic) bond motifs is 2. The first-order valence-electron chi connectivity index (χ1n) is 10.6. The summed E-state index contributed by atoms with van der Waals surface area (Å²) in [7, 11) is 3.35. The maximum atomic E-state index is 13.6. The number of benzene rings is 2. The number of carbonyl (C=O) groups excluding carboxylic acids is 2. The lowest BCUT2D eigenvalue weighted by Crippen LogP contribution is -2.29. The number of para-hydroxylation sites is 2. The summed E-state index contributed by atoms with van der Waals surface area (Å²) in [5, 5.41) is 2.90. The van der Waals surface area contributed by atoms with Crippen LogP contribution in [-0.2, 0) is 27.3 Å². The number of imidazole rings is 1. The van der Waals surface area contributed by atoms with E-state index in [4.69, 9.17) is 4.74 Å². The highest BCUT2D eigenvalue weighted by Gasteiger charge is 2.25. The molecule has 0 aliphatic carbocycles. The molecule has 1 N–H and O–H groups in total. The van der Waals surface area contributed by atoms with Gasteiger partial charge in [0.15, 0.2) is 0 Å². The van der Waals surface area contributed by atoms with Gasteiger partial charge in [-0.2, -0.15) is 0 Å². The average Bonchev–Trinajstić information content (AvgIpc) is 3.24. The van der Waals surface area contributed by atoms with Gasteiger partial charge in [0.05, 0.1) is 37.5 Å². The zero-order valence-electron chi connectivity index (χ0n) is 18.1. The van der Waals surface area contributed by atoms with Crippen molar-refractivity contribution in [1.82, 2.24) is 9.13 Å². The highest BCUT2D eigenvalue weighted by molar-refractivity contribution is 6.33. The molecule has 7 nitrogen and oxygen atoms in total. The number of aromatic nitrogens is 2. The van der Waals surface area contributed by atoms with Gasteiger partial charge in [-0.05, 0) is 35.7 Å². The van der Waals surface area contributed by atoms with Crippen LogP contribution in [0.25, 0.3) is 11.0 Å². The summed E-state index contributed by atoms with van der Waals surface area (Å²) in [6, 6.07) is 11.4. The van der Waals surface area contributed by atoms with Crippen LogP contribution in [0.5, 0.6) is 0 Å². The van der Waals surface area contributed by atoms with Crippen LogP contribution in [0.4, 0.5) is 5.69 Å². The van der Waals surface area contributed by atoms with Crippen LogP contribution in [0, 0.1) is 0 Å². The number of nitrogens with one attached hydrogen (secondary N) is 1. The first kappa shape index (κ1) is 21.0. The van der Waals surface area contributed by atoms with Gasteiger partial charge < -0.3 is 10.1 Å². The second kappa shape index (κ2) is 8.45. The van der Waals surface area contributed by atoms with Gasteiger partial charge in [-0.3, -0.25) is 18.7 Å². The molecule has 0 fully saturated rings. The lowest BCUT2D eigenvalue weighted by Gasteiger charge is -2.17. The molecule has 0 saturated heterocycles. The van der Waals surface area contributed by atoms with Crippen LogP contribution in [0.2, 0.25) is 0 Å². The van der Waals surface area contributed by atoms with E-state index in [1.165, 1.54) is 7.11 Å². The molecule has 1 aromatic heterocycles. The molecule has 1 atom stereocenters. The normalized spacial score (nSPS) is 13.8. The Hall–Kier alpha value is -3.29. The minimum Gasteiger partial charge on any atom is -0.469 e. The van der Waals surface area contributed by atoms with Crippen LogP contribution in [0.3, 0.4) is 0 Å². The minimum atomic E-state index is -0.330. The van der Waals surface area contributed by atoms with Crippen molar-refractivity contribution < 1.29 is 14.3 Å². The Morgan fingerprint density at radius 1 is 1.23 bits per heavy atom. The largest absolute Gasteiger partial charge is 0.469 e. The molecule has 0 saturated carbocycles. The maximum absolute atomic E-state index is 13.6. The average molecular weight is 419 g/mol. The van der Waals surface area contributed by atoms with Crippen LogP contribution >= 0.6 is 0 Å². The molecular weight excluding hydrogens is 393 g/mol. The fourth-order valence-corrected chi connectivity index (χ4v) is 4.55. The van der Waals surface area contributed by atoms with Crippen molar-refractivity contribution in [2.45, 2.75) is 45.2 Å². The van der Waals surface area contributed by atoms with Gasteiger partial charge in [-0.25, -0.2) is 4.79 Å². The minimum absolute atomic E-state index is 0.0299. The number of amides is 1. The summed E-state index contributed by atoms with van der Waals surface area (Å²) in [6.45, 7) is 2.40. The monoisotopic (exact) mass is 419 g/mol. The van der Waals surface area contributed by atoms with Crippen molar-refractivity contribution in [1.29, 1.82) is 0 Å². The van der Waals surface area contributed by atoms with Crippen molar-refractivity contribution >= 4 is 41.9 Å². The van der Waals surface area contributed by atoms with E-state index in [0.717, 1.165) is 39.7 Å². The lowest BCUT2D eigenvalue weighted by atomic mass is 9.90. The Kier molecular flexibility index (Phi) is 5.72. The first-order valence-corrected chi connectivity index (χ1v) is 10.6. The number of rotatable bonds is 7. The fraction of sp³-hybridized carbons (Fsp3) is 0.348. The molecule has 2 heterocycles. The molecule has 0 spiro atoms. The molecular formula is C23H26BN3O4. The second-order valence-electron chi connectivity index (χ2n) is 8.13. The van der Waals surface area contributed by atoms with E-state index in [1.54, 1.807) is 9.13 Å². The van der Waals surface area contributed by atoms with Gasteiger partial charge in [-0.15, -0.1) is 0 Å². The molecule has 8 heteroatoms. The smallest absolute Gasteiger partial charge is 0.329 e. The van der Waals surface area contributed by atoms with Gasteiger partial charge in [0, 0.05) is 11.7 Å². The van der Waals surface area contributed by atoms with E-state index in [-0.39, 0.29) is 30.0 Å². The SMILES string of the molecule is Bc1cc(Cn2c(=O)n(C(CCC)CC(=O)OC)c3ccccc32)c2c(c1)NC(=O)C2. The van der Waals surface area contributed by atoms with Crippen LogP contribution in [0.15, 0.2) is 41.2 Å². The number of hydrogen-bond acceptors (Lipinski definition) is 4. The van der Waals surface area contributed by atoms with E-state index in [1.807, 2.05) is 51.2 Å². The van der Waals surface area contributed by atoms with E-state index in [2.05, 4.69) is 5.32 Å². The van der Waals surface area contributed by atoms with E-state index in [9.17, 15) is 14.4 Å². The molecule has 1 amide bonds. The molecule has 1 aliphatic rings. The molecule has 0 radical (unpaired) electrons. The third-order valence-corrected chi connectivity index (χ3v) is 5.91. The third-order valence-electron chi connectivity index (χ3n) is 5.91. The molecule has 31 heavy (non-hydrogen) atoms. The Morgan fingerprint density at radius 2 is 1.97 bits per heavy atom. The number of carbonyl (C=O) groups is 2. The van der Waals surface area contributed by atoms with Crippen LogP contribution < -0.4 is 16.5 Å². The van der Waals surface area contributed by atoms with Crippen molar-refractivity contribution in [2.75, 3.05) is 12.4 Å². The summed E-state index contributed by atoms with van der Waals surface area (Å²) >= 11 is 0.